The Bertz CT molecular complexity index is 849. The second-order valence-corrected chi connectivity index (χ2v) is 6.52. The van der Waals surface area contributed by atoms with Gasteiger partial charge in [-0.15, -0.1) is 0 Å². The molecule has 0 saturated carbocycles. The molecule has 2 heterocycles. The van der Waals surface area contributed by atoms with Crippen molar-refractivity contribution in [2.24, 2.45) is 0 Å². The van der Waals surface area contributed by atoms with Crippen LogP contribution in [0.4, 0.5) is 5.69 Å². The minimum atomic E-state index is -1.18. The van der Waals surface area contributed by atoms with Crippen molar-refractivity contribution >= 4 is 22.6 Å². The summed E-state index contributed by atoms with van der Waals surface area (Å²) in [5.74, 6) is -1.18. The Morgan fingerprint density at radius 2 is 1.92 bits per heavy atom. The number of nitrogens with zero attached hydrogens (tertiary/aromatic N) is 2. The molecule has 1 aliphatic rings. The quantitative estimate of drug-likeness (QED) is 0.901. The van der Waals surface area contributed by atoms with Crippen molar-refractivity contribution in [2.75, 3.05) is 31.1 Å². The molecule has 3 rings (SSSR count). The number of hydrogen-bond acceptors (Lipinski definition) is 4. The molecule has 0 spiro atoms. The molecule has 0 amide bonds. The van der Waals surface area contributed by atoms with E-state index in [1.807, 2.05) is 31.4 Å². The maximum atomic E-state index is 12.6. The van der Waals surface area contributed by atoms with E-state index in [1.165, 1.54) is 6.20 Å². The van der Waals surface area contributed by atoms with Crippen molar-refractivity contribution < 1.29 is 9.90 Å². The van der Waals surface area contributed by atoms with Crippen LogP contribution >= 0.6 is 0 Å². The van der Waals surface area contributed by atoms with Crippen LogP contribution in [0.25, 0.3) is 10.9 Å². The molecular weight excluding hydrogens is 306 g/mol. The zero-order chi connectivity index (χ0) is 17.4. The predicted octanol–water partition coefficient (Wildman–Crippen LogP) is 2.00. The highest BCUT2D eigenvalue weighted by Gasteiger charge is 2.20. The van der Waals surface area contributed by atoms with Gasteiger partial charge in [-0.3, -0.25) is 4.79 Å². The number of hydrogen-bond donors (Lipinski definition) is 2. The first-order chi connectivity index (χ1) is 11.4. The molecule has 6 heteroatoms. The lowest BCUT2D eigenvalue weighted by molar-refractivity contribution is 0.0694. The summed E-state index contributed by atoms with van der Waals surface area (Å²) in [6.07, 6.45) is 1.48. The topological polar surface area (TPSA) is 74.6 Å². The Morgan fingerprint density at radius 1 is 1.25 bits per heavy atom. The molecule has 1 aromatic heterocycles. The molecule has 2 aromatic rings. The van der Waals surface area contributed by atoms with Gasteiger partial charge in [-0.2, -0.15) is 0 Å². The summed E-state index contributed by atoms with van der Waals surface area (Å²) in [6.45, 7) is 9.72. The van der Waals surface area contributed by atoms with E-state index in [0.29, 0.717) is 5.39 Å². The fourth-order valence-electron chi connectivity index (χ4n) is 3.42. The number of carboxylic acid groups (broad SMARTS) is 1. The monoisotopic (exact) mass is 329 g/mol. The number of aryl methyl sites for hydroxylation is 1. The van der Waals surface area contributed by atoms with Gasteiger partial charge in [-0.1, -0.05) is 0 Å². The summed E-state index contributed by atoms with van der Waals surface area (Å²) in [5, 5.41) is 13.1. The number of carbonyl (C=O) groups is 1. The molecule has 24 heavy (non-hydrogen) atoms. The van der Waals surface area contributed by atoms with Gasteiger partial charge in [0.15, 0.2) is 0 Å². The number of aromatic carboxylic acids is 1. The number of pyridine rings is 1. The largest absolute Gasteiger partial charge is 0.477 e. The molecule has 0 bridgehead atoms. The lowest BCUT2D eigenvalue weighted by Crippen LogP contribution is -2.43. The summed E-state index contributed by atoms with van der Waals surface area (Å²) in [5.41, 5.74) is 2.38. The van der Waals surface area contributed by atoms with Crippen LogP contribution in [-0.4, -0.2) is 41.8 Å². The summed E-state index contributed by atoms with van der Waals surface area (Å²) in [7, 11) is 0. The fraction of sp³-hybridized carbons (Fsp3) is 0.444. The normalized spacial score (nSPS) is 15.2. The second-order valence-electron chi connectivity index (χ2n) is 6.52. The average Bonchev–Trinajstić information content (AvgIpc) is 2.56. The van der Waals surface area contributed by atoms with E-state index < -0.39 is 11.4 Å². The van der Waals surface area contributed by atoms with E-state index in [2.05, 4.69) is 10.2 Å². The van der Waals surface area contributed by atoms with Crippen LogP contribution in [0.5, 0.6) is 0 Å². The van der Waals surface area contributed by atoms with E-state index in [-0.39, 0.29) is 11.6 Å². The first kappa shape index (κ1) is 16.5. The van der Waals surface area contributed by atoms with Crippen LogP contribution in [0.3, 0.4) is 0 Å². The number of benzene rings is 1. The van der Waals surface area contributed by atoms with Gasteiger partial charge in [0.05, 0.1) is 5.52 Å². The minimum absolute atomic E-state index is 0.0585. The summed E-state index contributed by atoms with van der Waals surface area (Å²) in [4.78, 5) is 26.3. The zero-order valence-electron chi connectivity index (χ0n) is 14.3. The summed E-state index contributed by atoms with van der Waals surface area (Å²) < 4.78 is 1.90. The van der Waals surface area contributed by atoms with E-state index >= 15 is 0 Å². The zero-order valence-corrected chi connectivity index (χ0v) is 14.3. The van der Waals surface area contributed by atoms with Crippen LogP contribution in [0.2, 0.25) is 0 Å². The highest BCUT2D eigenvalue weighted by atomic mass is 16.4. The smallest absolute Gasteiger partial charge is 0.341 e. The van der Waals surface area contributed by atoms with Crippen LogP contribution in [0.15, 0.2) is 23.1 Å². The molecule has 128 valence electrons. The highest BCUT2D eigenvalue weighted by molar-refractivity contribution is 5.95. The van der Waals surface area contributed by atoms with E-state index in [0.717, 1.165) is 42.9 Å². The van der Waals surface area contributed by atoms with Gasteiger partial charge < -0.3 is 19.9 Å². The maximum Gasteiger partial charge on any atom is 0.341 e. The number of anilines is 1. The van der Waals surface area contributed by atoms with Crippen molar-refractivity contribution in [2.45, 2.75) is 26.8 Å². The molecule has 0 unspecified atom stereocenters. The first-order valence-electron chi connectivity index (χ1n) is 8.29. The van der Waals surface area contributed by atoms with Crippen molar-refractivity contribution in [3.05, 3.63) is 39.7 Å². The van der Waals surface area contributed by atoms with Crippen LogP contribution in [0.1, 0.15) is 35.8 Å². The Kier molecular flexibility index (Phi) is 4.32. The standard InChI is InChI=1S/C18H23N3O3/c1-11(2)21-10-14(18(23)24)17(22)13-4-5-15(12(3)16(13)21)20-8-6-19-7-9-20/h4-5,10-11,19H,6-9H2,1-3H3,(H,23,24). The van der Waals surface area contributed by atoms with Gasteiger partial charge >= 0.3 is 5.97 Å². The Hall–Kier alpha value is -2.34. The average molecular weight is 329 g/mol. The summed E-state index contributed by atoms with van der Waals surface area (Å²) >= 11 is 0. The lowest BCUT2D eigenvalue weighted by atomic mass is 10.0. The molecule has 1 saturated heterocycles. The van der Waals surface area contributed by atoms with Gasteiger partial charge in [0, 0.05) is 49.5 Å². The molecule has 1 fully saturated rings. The minimum Gasteiger partial charge on any atom is -0.477 e. The van der Waals surface area contributed by atoms with Crippen molar-refractivity contribution in [1.29, 1.82) is 0 Å². The van der Waals surface area contributed by atoms with Crippen LogP contribution < -0.4 is 15.6 Å². The number of aromatic nitrogens is 1. The molecule has 0 atom stereocenters. The Balaban J connectivity index is 2.30. The van der Waals surface area contributed by atoms with Crippen molar-refractivity contribution in [3.63, 3.8) is 0 Å². The fourth-order valence-corrected chi connectivity index (χ4v) is 3.42. The van der Waals surface area contributed by atoms with E-state index in [1.54, 1.807) is 6.07 Å². The lowest BCUT2D eigenvalue weighted by Gasteiger charge is -2.31. The van der Waals surface area contributed by atoms with Crippen molar-refractivity contribution in [1.82, 2.24) is 9.88 Å². The molecule has 1 aromatic carbocycles. The third kappa shape index (κ3) is 2.67. The third-order valence-corrected chi connectivity index (χ3v) is 4.66. The number of carboxylic acids is 1. The van der Waals surface area contributed by atoms with E-state index in [9.17, 15) is 14.7 Å². The van der Waals surface area contributed by atoms with Gasteiger partial charge in [0.25, 0.3) is 0 Å². The maximum absolute atomic E-state index is 12.6. The van der Waals surface area contributed by atoms with Crippen LogP contribution in [0, 0.1) is 6.92 Å². The molecule has 2 N–H and O–H groups in total. The Morgan fingerprint density at radius 3 is 2.50 bits per heavy atom. The Labute approximate surface area is 140 Å². The number of rotatable bonds is 3. The van der Waals surface area contributed by atoms with Gasteiger partial charge in [0.2, 0.25) is 5.43 Å². The van der Waals surface area contributed by atoms with Crippen LogP contribution in [-0.2, 0) is 0 Å². The third-order valence-electron chi connectivity index (χ3n) is 4.66. The molecule has 0 aliphatic carbocycles. The predicted molar refractivity (Wildman–Crippen MR) is 95.4 cm³/mol. The summed E-state index contributed by atoms with van der Waals surface area (Å²) in [6, 6.07) is 3.77. The molecular formula is C18H23N3O3. The first-order valence-corrected chi connectivity index (χ1v) is 8.29. The molecule has 1 aliphatic heterocycles. The number of piperazine rings is 1. The molecule has 6 nitrogen and oxygen atoms in total. The SMILES string of the molecule is Cc1c(N2CCNCC2)ccc2c(=O)c(C(=O)O)cn(C(C)C)c12. The van der Waals surface area contributed by atoms with Crippen molar-refractivity contribution in [3.8, 4) is 0 Å². The highest BCUT2D eigenvalue weighted by Crippen LogP contribution is 2.29. The second kappa shape index (κ2) is 6.28. The van der Waals surface area contributed by atoms with Gasteiger partial charge in [0.1, 0.15) is 5.56 Å². The van der Waals surface area contributed by atoms with Gasteiger partial charge in [-0.05, 0) is 38.5 Å². The molecule has 0 radical (unpaired) electrons. The van der Waals surface area contributed by atoms with Gasteiger partial charge in [-0.25, -0.2) is 4.79 Å². The number of nitrogens with one attached hydrogen (secondary N) is 1. The van der Waals surface area contributed by atoms with E-state index in [4.69, 9.17) is 0 Å². The number of fused-ring (bicyclic) bond motifs is 1.